The lowest BCUT2D eigenvalue weighted by Gasteiger charge is -2.32. The summed E-state index contributed by atoms with van der Waals surface area (Å²) >= 11 is 7.95. The Morgan fingerprint density at radius 3 is 2.24 bits per heavy atom. The number of phenolic OH excluding ortho intramolecular Hbond substituents is 1. The van der Waals surface area contributed by atoms with Gasteiger partial charge in [-0.15, -0.1) is 11.3 Å². The third-order valence-electron chi connectivity index (χ3n) is 7.78. The number of benzene rings is 3. The van der Waals surface area contributed by atoms with Crippen molar-refractivity contribution in [3.63, 3.8) is 0 Å². The van der Waals surface area contributed by atoms with E-state index in [2.05, 4.69) is 10.3 Å². The van der Waals surface area contributed by atoms with Crippen LogP contribution in [0.25, 0.3) is 10.4 Å². The standard InChI is InChI=1S/C32H28ClN3O5S/c33-26-12-9-23(34-29(38)27-28(20-7-10-24(37)11-8-20)42-30(35-27)21-3-4-21)17-25(26)31(39)36-15-13-19(14-16-36)18-1-5-22(6-2-18)32(40)41/h1-2,5-12,17,19,21,37H,3-4,13-16H2,(H,34,38)(H,40,41). The van der Waals surface area contributed by atoms with Crippen molar-refractivity contribution in [3.05, 3.63) is 99.1 Å². The molecule has 4 aromatic rings. The van der Waals surface area contributed by atoms with Crippen molar-refractivity contribution in [1.29, 1.82) is 0 Å². The molecule has 0 radical (unpaired) electrons. The molecule has 1 aromatic heterocycles. The first-order valence-electron chi connectivity index (χ1n) is 13.8. The first-order chi connectivity index (χ1) is 20.3. The van der Waals surface area contributed by atoms with E-state index in [0.29, 0.717) is 41.0 Å². The summed E-state index contributed by atoms with van der Waals surface area (Å²) in [7, 11) is 0. The molecule has 2 heterocycles. The summed E-state index contributed by atoms with van der Waals surface area (Å²) in [6, 6.07) is 18.5. The number of piperidine rings is 1. The number of halogens is 1. The molecule has 2 amide bonds. The van der Waals surface area contributed by atoms with Crippen molar-refractivity contribution in [2.45, 2.75) is 37.5 Å². The molecule has 0 bridgehead atoms. The number of likely N-dealkylation sites (tertiary alicyclic amines) is 1. The smallest absolute Gasteiger partial charge is 0.335 e. The molecule has 1 saturated heterocycles. The lowest BCUT2D eigenvalue weighted by molar-refractivity contribution is 0.0691. The number of rotatable bonds is 7. The van der Waals surface area contributed by atoms with Crippen LogP contribution in [0.4, 0.5) is 5.69 Å². The number of amides is 2. The van der Waals surface area contributed by atoms with Crippen LogP contribution >= 0.6 is 22.9 Å². The molecule has 2 aliphatic rings. The number of aromatic nitrogens is 1. The highest BCUT2D eigenvalue weighted by Crippen LogP contribution is 2.45. The summed E-state index contributed by atoms with van der Waals surface area (Å²) in [6.07, 6.45) is 3.61. The van der Waals surface area contributed by atoms with Crippen LogP contribution in [0.15, 0.2) is 66.7 Å². The van der Waals surface area contributed by atoms with Crippen LogP contribution in [-0.2, 0) is 0 Å². The summed E-state index contributed by atoms with van der Waals surface area (Å²) in [5, 5.41) is 23.0. The number of aromatic carboxylic acids is 1. The maximum absolute atomic E-state index is 13.5. The number of nitrogens with zero attached hydrogens (tertiary/aromatic N) is 2. The van der Waals surface area contributed by atoms with Gasteiger partial charge in [-0.2, -0.15) is 0 Å². The van der Waals surface area contributed by atoms with E-state index in [4.69, 9.17) is 16.7 Å². The van der Waals surface area contributed by atoms with E-state index in [0.717, 1.165) is 46.7 Å². The second-order valence-electron chi connectivity index (χ2n) is 10.7. The van der Waals surface area contributed by atoms with E-state index in [9.17, 15) is 19.5 Å². The Morgan fingerprint density at radius 1 is 0.905 bits per heavy atom. The summed E-state index contributed by atoms with van der Waals surface area (Å²) in [5.74, 6) is -0.778. The lowest BCUT2D eigenvalue weighted by atomic mass is 9.89. The Labute approximate surface area is 251 Å². The van der Waals surface area contributed by atoms with Crippen molar-refractivity contribution in [2.24, 2.45) is 0 Å². The van der Waals surface area contributed by atoms with Gasteiger partial charge >= 0.3 is 5.97 Å². The van der Waals surface area contributed by atoms with Gasteiger partial charge in [-0.1, -0.05) is 23.7 Å². The number of hydrogen-bond donors (Lipinski definition) is 3. The first-order valence-corrected chi connectivity index (χ1v) is 15.0. The minimum absolute atomic E-state index is 0.147. The van der Waals surface area contributed by atoms with Gasteiger partial charge in [0, 0.05) is 24.7 Å². The quantitative estimate of drug-likeness (QED) is 0.209. The van der Waals surface area contributed by atoms with Crippen LogP contribution in [-0.4, -0.2) is 51.0 Å². The fraction of sp³-hybridized carbons (Fsp3) is 0.250. The molecular weight excluding hydrogens is 574 g/mol. The zero-order valence-corrected chi connectivity index (χ0v) is 24.1. The first kappa shape index (κ1) is 27.9. The molecule has 1 aliphatic carbocycles. The second-order valence-corrected chi connectivity index (χ2v) is 12.1. The van der Waals surface area contributed by atoms with E-state index in [1.807, 2.05) is 12.1 Å². The zero-order chi connectivity index (χ0) is 29.4. The van der Waals surface area contributed by atoms with Crippen molar-refractivity contribution in [2.75, 3.05) is 18.4 Å². The Morgan fingerprint density at radius 2 is 1.60 bits per heavy atom. The number of anilines is 1. The molecule has 0 unspecified atom stereocenters. The Kier molecular flexibility index (Phi) is 7.70. The van der Waals surface area contributed by atoms with Crippen LogP contribution in [0.2, 0.25) is 5.02 Å². The Balaban J connectivity index is 1.16. The summed E-state index contributed by atoms with van der Waals surface area (Å²) in [6.45, 7) is 1.08. The molecule has 3 aromatic carbocycles. The summed E-state index contributed by atoms with van der Waals surface area (Å²) in [4.78, 5) is 45.2. The molecule has 3 N–H and O–H groups in total. The number of carboxylic acid groups (broad SMARTS) is 1. The Bertz CT molecular complexity index is 1660. The van der Waals surface area contributed by atoms with E-state index in [-0.39, 0.29) is 29.0 Å². The predicted molar refractivity (Wildman–Crippen MR) is 162 cm³/mol. The van der Waals surface area contributed by atoms with E-state index >= 15 is 0 Å². The van der Waals surface area contributed by atoms with Gasteiger partial charge in [0.25, 0.3) is 11.8 Å². The van der Waals surface area contributed by atoms with Crippen molar-refractivity contribution in [3.8, 4) is 16.2 Å². The van der Waals surface area contributed by atoms with Crippen LogP contribution in [0, 0.1) is 0 Å². The average molecular weight is 602 g/mol. The second kappa shape index (κ2) is 11.6. The number of phenols is 1. The van der Waals surface area contributed by atoms with Gasteiger partial charge in [0.15, 0.2) is 0 Å². The molecule has 42 heavy (non-hydrogen) atoms. The molecule has 0 atom stereocenters. The normalized spacial score (nSPS) is 15.4. The number of aromatic hydroxyl groups is 1. The SMILES string of the molecule is O=C(O)c1ccc(C2CCN(C(=O)c3cc(NC(=O)c4nc(C5CC5)sc4-c4ccc(O)cc4)ccc3Cl)CC2)cc1. The highest BCUT2D eigenvalue weighted by Gasteiger charge is 2.31. The van der Waals surface area contributed by atoms with Crippen molar-refractivity contribution < 1.29 is 24.6 Å². The molecule has 8 nitrogen and oxygen atoms in total. The van der Waals surface area contributed by atoms with E-state index < -0.39 is 5.97 Å². The molecule has 214 valence electrons. The van der Waals surface area contributed by atoms with Gasteiger partial charge in [-0.3, -0.25) is 9.59 Å². The topological polar surface area (TPSA) is 120 Å². The predicted octanol–water partition coefficient (Wildman–Crippen LogP) is 7.02. The van der Waals surface area contributed by atoms with E-state index in [1.165, 1.54) is 11.3 Å². The molecule has 6 rings (SSSR count). The van der Waals surface area contributed by atoms with Gasteiger partial charge in [0.05, 0.1) is 26.0 Å². The number of carbonyl (C=O) groups excluding carboxylic acids is 2. The lowest BCUT2D eigenvalue weighted by Crippen LogP contribution is -2.38. The van der Waals surface area contributed by atoms with Crippen LogP contribution in [0.5, 0.6) is 5.75 Å². The molecule has 1 aliphatic heterocycles. The summed E-state index contributed by atoms with van der Waals surface area (Å²) < 4.78 is 0. The van der Waals surface area contributed by atoms with Crippen LogP contribution in [0.1, 0.15) is 79.3 Å². The molecule has 2 fully saturated rings. The maximum atomic E-state index is 13.5. The minimum atomic E-state index is -0.954. The monoisotopic (exact) mass is 601 g/mol. The fourth-order valence-electron chi connectivity index (χ4n) is 5.25. The minimum Gasteiger partial charge on any atom is -0.508 e. The fourth-order valence-corrected chi connectivity index (χ4v) is 6.68. The number of hydrogen-bond acceptors (Lipinski definition) is 6. The molecule has 0 spiro atoms. The van der Waals surface area contributed by atoms with Gasteiger partial charge in [-0.25, -0.2) is 9.78 Å². The van der Waals surface area contributed by atoms with Gasteiger partial charge in [0.1, 0.15) is 11.4 Å². The van der Waals surface area contributed by atoms with Gasteiger partial charge in [0.2, 0.25) is 0 Å². The average Bonchev–Trinajstić information content (AvgIpc) is 3.76. The number of nitrogens with one attached hydrogen (secondary N) is 1. The molecule has 10 heteroatoms. The number of carboxylic acids is 1. The zero-order valence-electron chi connectivity index (χ0n) is 22.5. The molecule has 1 saturated carbocycles. The third kappa shape index (κ3) is 5.89. The van der Waals surface area contributed by atoms with Crippen molar-refractivity contribution >= 4 is 46.4 Å². The third-order valence-corrected chi connectivity index (χ3v) is 9.38. The number of carbonyl (C=O) groups is 3. The van der Waals surface area contributed by atoms with E-state index in [1.54, 1.807) is 59.5 Å². The van der Waals surface area contributed by atoms with Crippen LogP contribution in [0.3, 0.4) is 0 Å². The van der Waals surface area contributed by atoms with Crippen LogP contribution < -0.4 is 5.32 Å². The van der Waals surface area contributed by atoms with Gasteiger partial charge in [-0.05, 0) is 97.3 Å². The molecular formula is C32H28ClN3O5S. The number of thiazole rings is 1. The maximum Gasteiger partial charge on any atom is 0.335 e. The van der Waals surface area contributed by atoms with Gasteiger partial charge < -0.3 is 20.4 Å². The Hall–Kier alpha value is -4.21. The highest BCUT2D eigenvalue weighted by atomic mass is 35.5. The summed E-state index contributed by atoms with van der Waals surface area (Å²) in [5.41, 5.74) is 3.19. The largest absolute Gasteiger partial charge is 0.508 e. The highest BCUT2D eigenvalue weighted by molar-refractivity contribution is 7.15. The van der Waals surface area contributed by atoms with Crippen molar-refractivity contribution in [1.82, 2.24) is 9.88 Å².